The van der Waals surface area contributed by atoms with Gasteiger partial charge in [-0.15, -0.1) is 0 Å². The first-order valence-electron chi connectivity index (χ1n) is 5.98. The highest BCUT2D eigenvalue weighted by atomic mass is 32.2. The molecule has 1 aromatic rings. The molecule has 106 valence electrons. The zero-order valence-corrected chi connectivity index (χ0v) is 11.8. The van der Waals surface area contributed by atoms with Crippen LogP contribution < -0.4 is 19.5 Å². The Hall–Kier alpha value is -1.47. The third-order valence-corrected chi connectivity index (χ3v) is 5.56. The molecule has 2 N–H and O–H groups in total. The molecule has 1 saturated heterocycles. The molecular weight excluding hydrogens is 268 g/mol. The van der Waals surface area contributed by atoms with Crippen LogP contribution in [0, 0.1) is 0 Å². The Kier molecular flexibility index (Phi) is 3.86. The van der Waals surface area contributed by atoms with E-state index in [1.54, 1.807) is 18.2 Å². The number of sulfonamides is 1. The average Bonchev–Trinajstić information content (AvgIpc) is 2.72. The molecular formula is C12H18N2O4S. The minimum absolute atomic E-state index is 0.130. The summed E-state index contributed by atoms with van der Waals surface area (Å²) in [5.74, 6) is 1.09. The van der Waals surface area contributed by atoms with Gasteiger partial charge in [-0.1, -0.05) is 0 Å². The lowest BCUT2D eigenvalue weighted by molar-refractivity contribution is 0.404. The summed E-state index contributed by atoms with van der Waals surface area (Å²) in [7, 11) is -0.373. The number of nitrogens with zero attached hydrogens (tertiary/aromatic N) is 1. The molecule has 0 bridgehead atoms. The van der Waals surface area contributed by atoms with E-state index in [1.165, 1.54) is 18.5 Å². The van der Waals surface area contributed by atoms with Gasteiger partial charge in [0.15, 0.2) is 0 Å². The Morgan fingerprint density at radius 1 is 1.37 bits per heavy atom. The normalized spacial score (nSPS) is 21.4. The Labute approximate surface area is 113 Å². The van der Waals surface area contributed by atoms with Crippen LogP contribution in [0.3, 0.4) is 0 Å². The predicted molar refractivity (Wildman–Crippen MR) is 73.3 cm³/mol. The molecule has 1 aliphatic heterocycles. The number of rotatable bonds is 4. The molecule has 0 radical (unpaired) electrons. The molecule has 19 heavy (non-hydrogen) atoms. The summed E-state index contributed by atoms with van der Waals surface area (Å²) in [6, 6.07) is 5.08. The van der Waals surface area contributed by atoms with Crippen molar-refractivity contribution in [3.63, 3.8) is 0 Å². The summed E-state index contributed by atoms with van der Waals surface area (Å²) in [6.45, 7) is 0.541. The SMILES string of the molecule is COc1ccc(OC)c(N2CC[C@@H](CN)S2(=O)=O)c1. The molecule has 6 nitrogen and oxygen atoms in total. The number of anilines is 1. The van der Waals surface area contributed by atoms with Crippen molar-refractivity contribution in [2.24, 2.45) is 5.73 Å². The molecule has 1 aromatic carbocycles. The van der Waals surface area contributed by atoms with E-state index in [1.807, 2.05) is 0 Å². The van der Waals surface area contributed by atoms with E-state index in [2.05, 4.69) is 0 Å². The number of methoxy groups -OCH3 is 2. The number of nitrogens with two attached hydrogens (primary N) is 1. The maximum Gasteiger partial charge on any atom is 0.239 e. The van der Waals surface area contributed by atoms with Crippen LogP contribution in [0.15, 0.2) is 18.2 Å². The van der Waals surface area contributed by atoms with E-state index in [4.69, 9.17) is 15.2 Å². The molecule has 0 unspecified atom stereocenters. The lowest BCUT2D eigenvalue weighted by Gasteiger charge is -2.21. The summed E-state index contributed by atoms with van der Waals surface area (Å²) in [5, 5.41) is -0.525. The summed E-state index contributed by atoms with van der Waals surface area (Å²) in [6.07, 6.45) is 0.527. The largest absolute Gasteiger partial charge is 0.497 e. The highest BCUT2D eigenvalue weighted by Gasteiger charge is 2.39. The van der Waals surface area contributed by atoms with Gasteiger partial charge in [0.2, 0.25) is 10.0 Å². The van der Waals surface area contributed by atoms with Crippen molar-refractivity contribution in [2.75, 3.05) is 31.6 Å². The number of hydrogen-bond acceptors (Lipinski definition) is 5. The van der Waals surface area contributed by atoms with Gasteiger partial charge in [-0.2, -0.15) is 0 Å². The summed E-state index contributed by atoms with van der Waals surface area (Å²) < 4.78 is 36.4. The van der Waals surface area contributed by atoms with Gasteiger partial charge < -0.3 is 15.2 Å². The van der Waals surface area contributed by atoms with Crippen LogP contribution in [0.4, 0.5) is 5.69 Å². The summed E-state index contributed by atoms with van der Waals surface area (Å²) in [5.41, 5.74) is 6.01. The van der Waals surface area contributed by atoms with E-state index in [0.717, 1.165) is 0 Å². The first-order chi connectivity index (χ1) is 9.04. The molecule has 0 spiro atoms. The molecule has 2 rings (SSSR count). The van der Waals surface area contributed by atoms with Crippen molar-refractivity contribution in [2.45, 2.75) is 11.7 Å². The minimum atomic E-state index is -3.42. The second kappa shape index (κ2) is 5.26. The molecule has 0 amide bonds. The highest BCUT2D eigenvalue weighted by molar-refractivity contribution is 7.93. The molecule has 1 heterocycles. The third-order valence-electron chi connectivity index (χ3n) is 3.30. The zero-order valence-electron chi connectivity index (χ0n) is 11.0. The highest BCUT2D eigenvalue weighted by Crippen LogP contribution is 2.37. The van der Waals surface area contributed by atoms with Crippen molar-refractivity contribution >= 4 is 15.7 Å². The maximum atomic E-state index is 12.3. The standard InChI is InChI=1S/C12H18N2O4S/c1-17-9-3-4-12(18-2)11(7-9)14-6-5-10(8-13)19(14,15)16/h3-4,7,10H,5-6,8,13H2,1-2H3/t10-/m0/s1. The Bertz CT molecular complexity index is 559. The summed E-state index contributed by atoms with van der Waals surface area (Å²) in [4.78, 5) is 0. The van der Waals surface area contributed by atoms with Gasteiger partial charge >= 0.3 is 0 Å². The fourth-order valence-electron chi connectivity index (χ4n) is 2.21. The smallest absolute Gasteiger partial charge is 0.239 e. The third kappa shape index (κ3) is 2.35. The quantitative estimate of drug-likeness (QED) is 0.875. The first kappa shape index (κ1) is 14.0. The van der Waals surface area contributed by atoms with Gasteiger partial charge in [0.25, 0.3) is 0 Å². The van der Waals surface area contributed by atoms with Crippen molar-refractivity contribution in [3.8, 4) is 11.5 Å². The molecule has 7 heteroatoms. The van der Waals surface area contributed by atoms with Crippen LogP contribution >= 0.6 is 0 Å². The van der Waals surface area contributed by atoms with Crippen LogP contribution in [0.2, 0.25) is 0 Å². The molecule has 1 fully saturated rings. The minimum Gasteiger partial charge on any atom is -0.497 e. The molecule has 0 saturated carbocycles. The fourth-order valence-corrected chi connectivity index (χ4v) is 3.99. The number of benzene rings is 1. The van der Waals surface area contributed by atoms with E-state index >= 15 is 0 Å². The molecule has 1 atom stereocenters. The van der Waals surface area contributed by atoms with E-state index in [9.17, 15) is 8.42 Å². The number of ether oxygens (including phenoxy) is 2. The Balaban J connectivity index is 2.47. The van der Waals surface area contributed by atoms with Crippen molar-refractivity contribution in [3.05, 3.63) is 18.2 Å². The Morgan fingerprint density at radius 2 is 2.11 bits per heavy atom. The van der Waals surface area contributed by atoms with Crippen LogP contribution in [0.5, 0.6) is 11.5 Å². The summed E-state index contributed by atoms with van der Waals surface area (Å²) >= 11 is 0. The Morgan fingerprint density at radius 3 is 2.63 bits per heavy atom. The average molecular weight is 286 g/mol. The van der Waals surface area contributed by atoms with Gasteiger partial charge in [0.1, 0.15) is 11.5 Å². The van der Waals surface area contributed by atoms with Crippen molar-refractivity contribution in [1.29, 1.82) is 0 Å². The van der Waals surface area contributed by atoms with Crippen LogP contribution in [0.1, 0.15) is 6.42 Å². The predicted octanol–water partition coefficient (Wildman–Crippen LogP) is 0.571. The van der Waals surface area contributed by atoms with Crippen LogP contribution in [0.25, 0.3) is 0 Å². The van der Waals surface area contributed by atoms with Crippen molar-refractivity contribution in [1.82, 2.24) is 0 Å². The second-order valence-electron chi connectivity index (χ2n) is 4.30. The van der Waals surface area contributed by atoms with Gasteiger partial charge in [0, 0.05) is 19.2 Å². The van der Waals surface area contributed by atoms with E-state index in [-0.39, 0.29) is 6.54 Å². The van der Waals surface area contributed by atoms with E-state index in [0.29, 0.717) is 30.2 Å². The van der Waals surface area contributed by atoms with E-state index < -0.39 is 15.3 Å². The fraction of sp³-hybridized carbons (Fsp3) is 0.500. The van der Waals surface area contributed by atoms with Gasteiger partial charge in [-0.05, 0) is 18.6 Å². The van der Waals surface area contributed by atoms with Gasteiger partial charge in [0.05, 0.1) is 25.2 Å². The van der Waals surface area contributed by atoms with Gasteiger partial charge in [-0.25, -0.2) is 8.42 Å². The first-order valence-corrected chi connectivity index (χ1v) is 7.48. The topological polar surface area (TPSA) is 81.9 Å². The maximum absolute atomic E-state index is 12.3. The van der Waals surface area contributed by atoms with Crippen LogP contribution in [-0.4, -0.2) is 41.0 Å². The molecule has 0 aromatic heterocycles. The molecule has 1 aliphatic rings. The molecule has 0 aliphatic carbocycles. The van der Waals surface area contributed by atoms with Gasteiger partial charge in [-0.3, -0.25) is 4.31 Å². The zero-order chi connectivity index (χ0) is 14.0. The lowest BCUT2D eigenvalue weighted by Crippen LogP contribution is -2.33. The monoisotopic (exact) mass is 286 g/mol. The second-order valence-corrected chi connectivity index (χ2v) is 6.44. The van der Waals surface area contributed by atoms with Crippen LogP contribution in [-0.2, 0) is 10.0 Å². The number of hydrogen-bond donors (Lipinski definition) is 1. The van der Waals surface area contributed by atoms with Crippen molar-refractivity contribution < 1.29 is 17.9 Å². The lowest BCUT2D eigenvalue weighted by atomic mass is 10.2.